The molecule has 1 N–H and O–H groups in total. The highest BCUT2D eigenvalue weighted by molar-refractivity contribution is 6.30. The lowest BCUT2D eigenvalue weighted by molar-refractivity contribution is -0.0182. The zero-order valence-corrected chi connectivity index (χ0v) is 11.8. The maximum Gasteiger partial charge on any atom is 0.151 e. The molecule has 18 heavy (non-hydrogen) atoms. The smallest absolute Gasteiger partial charge is 0.151 e. The van der Waals surface area contributed by atoms with Crippen LogP contribution in [0.2, 0.25) is 5.15 Å². The highest BCUT2D eigenvalue weighted by Gasteiger charge is 2.17. The summed E-state index contributed by atoms with van der Waals surface area (Å²) in [5, 5.41) is 3.99. The predicted molar refractivity (Wildman–Crippen MR) is 71.9 cm³/mol. The molecule has 1 fully saturated rings. The molecule has 102 valence electrons. The monoisotopic (exact) mass is 272 g/mol. The molecule has 0 aliphatic carbocycles. The minimum atomic E-state index is 0.264. The van der Waals surface area contributed by atoms with E-state index in [9.17, 15) is 0 Å². The van der Waals surface area contributed by atoms with E-state index in [0.29, 0.717) is 5.15 Å². The average molecular weight is 273 g/mol. The van der Waals surface area contributed by atoms with Crippen molar-refractivity contribution in [2.24, 2.45) is 0 Å². The minimum absolute atomic E-state index is 0.264. The van der Waals surface area contributed by atoms with Crippen molar-refractivity contribution in [3.05, 3.63) is 17.2 Å². The number of hydrogen-bond donors (Lipinski definition) is 1. The lowest BCUT2D eigenvalue weighted by atomic mass is 10.3. The van der Waals surface area contributed by atoms with Gasteiger partial charge in [0.05, 0.1) is 24.7 Å². The average Bonchev–Trinajstić information content (AvgIpc) is 2.71. The minimum Gasteiger partial charge on any atom is -0.374 e. The topological polar surface area (TPSA) is 42.3 Å². The molecule has 6 heteroatoms. The van der Waals surface area contributed by atoms with Crippen LogP contribution in [0.15, 0.2) is 6.33 Å². The maximum absolute atomic E-state index is 6.06. The second-order valence-corrected chi connectivity index (χ2v) is 5.01. The van der Waals surface area contributed by atoms with Gasteiger partial charge in [-0.3, -0.25) is 0 Å². The van der Waals surface area contributed by atoms with Crippen molar-refractivity contribution in [1.82, 2.24) is 19.8 Å². The van der Waals surface area contributed by atoms with Gasteiger partial charge in [-0.05, 0) is 14.0 Å². The number of halogens is 1. The Balaban J connectivity index is 1.79. The van der Waals surface area contributed by atoms with Crippen LogP contribution in [-0.2, 0) is 17.8 Å². The van der Waals surface area contributed by atoms with Gasteiger partial charge in [-0.1, -0.05) is 11.6 Å². The van der Waals surface area contributed by atoms with Gasteiger partial charge in [0.1, 0.15) is 0 Å². The number of aromatic nitrogens is 2. The zero-order valence-electron chi connectivity index (χ0n) is 11.0. The molecule has 0 bridgehead atoms. The van der Waals surface area contributed by atoms with Gasteiger partial charge in [-0.2, -0.15) is 0 Å². The molecule has 1 aromatic heterocycles. The molecule has 1 unspecified atom stereocenters. The third kappa shape index (κ3) is 3.45. The number of likely N-dealkylation sites (N-methyl/N-ethyl adjacent to an activating group) is 1. The Kier molecular flexibility index (Phi) is 5.00. The molecule has 1 aliphatic rings. The Bertz CT molecular complexity index is 382. The highest BCUT2D eigenvalue weighted by Crippen LogP contribution is 2.13. The molecule has 0 radical (unpaired) electrons. The summed E-state index contributed by atoms with van der Waals surface area (Å²) < 4.78 is 7.75. The van der Waals surface area contributed by atoms with Crippen molar-refractivity contribution in [2.45, 2.75) is 26.1 Å². The largest absolute Gasteiger partial charge is 0.374 e. The van der Waals surface area contributed by atoms with Crippen LogP contribution in [0, 0.1) is 0 Å². The van der Waals surface area contributed by atoms with E-state index in [-0.39, 0.29) is 6.10 Å². The van der Waals surface area contributed by atoms with Gasteiger partial charge < -0.3 is 19.5 Å². The third-order valence-electron chi connectivity index (χ3n) is 3.24. The molecule has 1 aromatic rings. The number of nitrogens with zero attached hydrogens (tertiary/aromatic N) is 3. The molecular formula is C12H21ClN4O. The quantitative estimate of drug-likeness (QED) is 0.868. The van der Waals surface area contributed by atoms with E-state index in [0.717, 1.165) is 45.0 Å². The van der Waals surface area contributed by atoms with E-state index in [1.165, 1.54) is 0 Å². The maximum atomic E-state index is 6.06. The molecule has 1 aliphatic heterocycles. The molecule has 5 nitrogen and oxygen atoms in total. The van der Waals surface area contributed by atoms with E-state index in [1.54, 1.807) is 6.33 Å². The summed E-state index contributed by atoms with van der Waals surface area (Å²) in [5.74, 6) is 0. The summed E-state index contributed by atoms with van der Waals surface area (Å²) in [4.78, 5) is 6.40. The first-order chi connectivity index (χ1) is 8.70. The molecule has 0 saturated carbocycles. The Labute approximate surface area is 113 Å². The Morgan fingerprint density at radius 3 is 3.17 bits per heavy atom. The van der Waals surface area contributed by atoms with Crippen molar-refractivity contribution in [3.8, 4) is 0 Å². The Hall–Kier alpha value is -0.620. The van der Waals surface area contributed by atoms with Crippen molar-refractivity contribution in [3.63, 3.8) is 0 Å². The summed E-state index contributed by atoms with van der Waals surface area (Å²) in [6.07, 6.45) is 2.05. The summed E-state index contributed by atoms with van der Waals surface area (Å²) in [5.41, 5.74) is 1.04. The van der Waals surface area contributed by atoms with Gasteiger partial charge in [-0.25, -0.2) is 4.98 Å². The van der Waals surface area contributed by atoms with E-state index in [4.69, 9.17) is 16.3 Å². The second-order valence-electron chi connectivity index (χ2n) is 4.65. The van der Waals surface area contributed by atoms with Gasteiger partial charge in [-0.15, -0.1) is 0 Å². The molecule has 2 rings (SSSR count). The fraction of sp³-hybridized carbons (Fsp3) is 0.750. The van der Waals surface area contributed by atoms with Crippen molar-refractivity contribution >= 4 is 11.6 Å². The van der Waals surface area contributed by atoms with Crippen LogP contribution >= 0.6 is 11.6 Å². The Morgan fingerprint density at radius 2 is 2.44 bits per heavy atom. The standard InChI is InChI=1S/C12H21ClN4O/c1-3-17-9-15-12(13)11(17)7-14-6-10-8-16(2)4-5-18-10/h9-10,14H,3-8H2,1-2H3. The summed E-state index contributed by atoms with van der Waals surface area (Å²) in [6, 6.07) is 0. The van der Waals surface area contributed by atoms with Crippen molar-refractivity contribution < 1.29 is 4.74 Å². The fourth-order valence-corrected chi connectivity index (χ4v) is 2.39. The number of aryl methyl sites for hydroxylation is 1. The third-order valence-corrected chi connectivity index (χ3v) is 3.56. The van der Waals surface area contributed by atoms with E-state index in [1.807, 2.05) is 0 Å². The number of morpholine rings is 1. The van der Waals surface area contributed by atoms with E-state index < -0.39 is 0 Å². The first kappa shape index (κ1) is 13.8. The number of nitrogens with one attached hydrogen (secondary N) is 1. The SMILES string of the molecule is CCn1cnc(Cl)c1CNCC1CN(C)CCO1. The van der Waals surface area contributed by atoms with Crippen LogP contribution in [0.25, 0.3) is 0 Å². The predicted octanol–water partition coefficient (Wildman–Crippen LogP) is 0.977. The summed E-state index contributed by atoms with van der Waals surface area (Å²) >= 11 is 6.06. The first-order valence-electron chi connectivity index (χ1n) is 6.41. The van der Waals surface area contributed by atoms with Crippen LogP contribution in [-0.4, -0.2) is 53.8 Å². The first-order valence-corrected chi connectivity index (χ1v) is 6.79. The lowest BCUT2D eigenvalue weighted by Crippen LogP contribution is -2.44. The van der Waals surface area contributed by atoms with Gasteiger partial charge in [0.25, 0.3) is 0 Å². The van der Waals surface area contributed by atoms with E-state index in [2.05, 4.69) is 33.7 Å². The molecule has 1 atom stereocenters. The van der Waals surface area contributed by atoms with Gasteiger partial charge in [0, 0.05) is 32.7 Å². The zero-order chi connectivity index (χ0) is 13.0. The van der Waals surface area contributed by atoms with E-state index >= 15 is 0 Å². The van der Waals surface area contributed by atoms with Gasteiger partial charge in [0.2, 0.25) is 0 Å². The molecule has 0 spiro atoms. The van der Waals surface area contributed by atoms with Gasteiger partial charge in [0.15, 0.2) is 5.15 Å². The number of rotatable bonds is 5. The van der Waals surface area contributed by atoms with Crippen LogP contribution in [0.5, 0.6) is 0 Å². The summed E-state index contributed by atoms with van der Waals surface area (Å²) in [6.45, 7) is 7.36. The summed E-state index contributed by atoms with van der Waals surface area (Å²) in [7, 11) is 2.12. The molecular weight excluding hydrogens is 252 g/mol. The fourth-order valence-electron chi connectivity index (χ4n) is 2.17. The lowest BCUT2D eigenvalue weighted by Gasteiger charge is -2.30. The van der Waals surface area contributed by atoms with Crippen LogP contribution in [0.4, 0.5) is 0 Å². The number of hydrogen-bond acceptors (Lipinski definition) is 4. The number of ether oxygens (including phenoxy) is 1. The van der Waals surface area contributed by atoms with Crippen LogP contribution in [0.3, 0.4) is 0 Å². The number of imidazole rings is 1. The van der Waals surface area contributed by atoms with Crippen LogP contribution < -0.4 is 5.32 Å². The second kappa shape index (κ2) is 6.52. The van der Waals surface area contributed by atoms with Crippen molar-refractivity contribution in [2.75, 3.05) is 33.3 Å². The van der Waals surface area contributed by atoms with Crippen LogP contribution in [0.1, 0.15) is 12.6 Å². The molecule has 2 heterocycles. The molecule has 1 saturated heterocycles. The van der Waals surface area contributed by atoms with Gasteiger partial charge >= 0.3 is 0 Å². The molecule has 0 aromatic carbocycles. The normalized spacial score (nSPS) is 21.4. The highest BCUT2D eigenvalue weighted by atomic mass is 35.5. The van der Waals surface area contributed by atoms with Crippen molar-refractivity contribution in [1.29, 1.82) is 0 Å². The molecule has 0 amide bonds. The Morgan fingerprint density at radius 1 is 1.61 bits per heavy atom.